The van der Waals surface area contributed by atoms with Crippen molar-refractivity contribution in [2.75, 3.05) is 11.1 Å². The van der Waals surface area contributed by atoms with Crippen molar-refractivity contribution in [3.8, 4) is 5.69 Å². The van der Waals surface area contributed by atoms with E-state index in [2.05, 4.69) is 10.3 Å². The number of halogens is 2. The first kappa shape index (κ1) is 16.5. The third kappa shape index (κ3) is 3.96. The molecule has 24 heavy (non-hydrogen) atoms. The van der Waals surface area contributed by atoms with E-state index < -0.39 is 5.82 Å². The van der Waals surface area contributed by atoms with E-state index in [0.717, 1.165) is 4.90 Å². The highest BCUT2D eigenvalue weighted by atomic mass is 35.5. The molecular formula is C17H13ClFN3OS. The number of benzene rings is 2. The molecule has 1 N–H and O–H groups in total. The Kier molecular flexibility index (Phi) is 5.17. The average Bonchev–Trinajstić information content (AvgIpc) is 3.08. The van der Waals surface area contributed by atoms with Crippen molar-refractivity contribution in [2.24, 2.45) is 0 Å². The van der Waals surface area contributed by atoms with E-state index in [4.69, 9.17) is 11.6 Å². The molecule has 1 amide bonds. The Morgan fingerprint density at radius 2 is 2.12 bits per heavy atom. The first-order valence-corrected chi connectivity index (χ1v) is 8.45. The Bertz CT molecular complexity index is 855. The molecule has 3 rings (SSSR count). The van der Waals surface area contributed by atoms with E-state index in [-0.39, 0.29) is 11.7 Å². The molecule has 0 saturated carbocycles. The lowest BCUT2D eigenvalue weighted by Gasteiger charge is -2.09. The summed E-state index contributed by atoms with van der Waals surface area (Å²) < 4.78 is 15.7. The van der Waals surface area contributed by atoms with Crippen LogP contribution in [0.4, 0.5) is 10.1 Å². The SMILES string of the molecule is O=C(CSc1ccccc1Cl)Nc1ccc(-n2ccnc2)c(F)c1. The summed E-state index contributed by atoms with van der Waals surface area (Å²) in [5.41, 5.74) is 0.775. The highest BCUT2D eigenvalue weighted by Crippen LogP contribution is 2.26. The van der Waals surface area contributed by atoms with Gasteiger partial charge in [0.15, 0.2) is 0 Å². The van der Waals surface area contributed by atoms with Crippen LogP contribution in [0.2, 0.25) is 5.02 Å². The van der Waals surface area contributed by atoms with Crippen molar-refractivity contribution in [2.45, 2.75) is 4.90 Å². The predicted molar refractivity (Wildman–Crippen MR) is 94.3 cm³/mol. The van der Waals surface area contributed by atoms with Crippen molar-refractivity contribution in [3.05, 3.63) is 72.0 Å². The maximum atomic E-state index is 14.1. The molecule has 7 heteroatoms. The number of rotatable bonds is 5. The standard InChI is InChI=1S/C17H13ClFN3OS/c18-13-3-1-2-4-16(13)24-10-17(23)21-12-5-6-15(14(19)9-12)22-8-7-20-11-22/h1-9,11H,10H2,(H,21,23). The maximum Gasteiger partial charge on any atom is 0.234 e. The number of anilines is 1. The van der Waals surface area contributed by atoms with Gasteiger partial charge in [0.05, 0.1) is 22.8 Å². The zero-order valence-corrected chi connectivity index (χ0v) is 14.0. The second-order valence-electron chi connectivity index (χ2n) is 4.90. The fourth-order valence-corrected chi connectivity index (χ4v) is 3.14. The van der Waals surface area contributed by atoms with Gasteiger partial charge in [0.1, 0.15) is 5.82 Å². The maximum absolute atomic E-state index is 14.1. The minimum atomic E-state index is -0.440. The van der Waals surface area contributed by atoms with Gasteiger partial charge in [0.25, 0.3) is 0 Å². The third-order valence-electron chi connectivity index (χ3n) is 3.21. The summed E-state index contributed by atoms with van der Waals surface area (Å²) in [6.45, 7) is 0. The van der Waals surface area contributed by atoms with E-state index in [1.165, 1.54) is 24.2 Å². The molecule has 122 valence electrons. The number of carbonyl (C=O) groups excluding carboxylic acids is 1. The monoisotopic (exact) mass is 361 g/mol. The second-order valence-corrected chi connectivity index (χ2v) is 6.33. The fourth-order valence-electron chi connectivity index (χ4n) is 2.10. The van der Waals surface area contributed by atoms with Gasteiger partial charge < -0.3 is 9.88 Å². The van der Waals surface area contributed by atoms with E-state index >= 15 is 0 Å². The van der Waals surface area contributed by atoms with Crippen LogP contribution < -0.4 is 5.32 Å². The largest absolute Gasteiger partial charge is 0.325 e. The van der Waals surface area contributed by atoms with Gasteiger partial charge in [-0.1, -0.05) is 23.7 Å². The topological polar surface area (TPSA) is 46.9 Å². The molecule has 0 aliphatic heterocycles. The van der Waals surface area contributed by atoms with Crippen LogP contribution in [0.25, 0.3) is 5.69 Å². The minimum Gasteiger partial charge on any atom is -0.325 e. The van der Waals surface area contributed by atoms with Crippen LogP contribution in [0.15, 0.2) is 66.1 Å². The zero-order valence-electron chi connectivity index (χ0n) is 12.4. The van der Waals surface area contributed by atoms with Crippen LogP contribution >= 0.6 is 23.4 Å². The van der Waals surface area contributed by atoms with Crippen LogP contribution in [0.5, 0.6) is 0 Å². The summed E-state index contributed by atoms with van der Waals surface area (Å²) in [5.74, 6) is -0.478. The van der Waals surface area contributed by atoms with E-state index in [1.807, 2.05) is 18.2 Å². The smallest absolute Gasteiger partial charge is 0.234 e. The number of nitrogens with zero attached hydrogens (tertiary/aromatic N) is 2. The molecule has 0 unspecified atom stereocenters. The number of thioether (sulfide) groups is 1. The van der Waals surface area contributed by atoms with Gasteiger partial charge in [-0.15, -0.1) is 11.8 Å². The average molecular weight is 362 g/mol. The molecule has 0 radical (unpaired) electrons. The Morgan fingerprint density at radius 1 is 1.29 bits per heavy atom. The van der Waals surface area contributed by atoms with Crippen LogP contribution in [0, 0.1) is 5.82 Å². The quantitative estimate of drug-likeness (QED) is 0.685. The van der Waals surface area contributed by atoms with Crippen molar-refractivity contribution in [1.82, 2.24) is 9.55 Å². The van der Waals surface area contributed by atoms with Gasteiger partial charge in [-0.25, -0.2) is 9.37 Å². The van der Waals surface area contributed by atoms with Crippen LogP contribution in [-0.2, 0) is 4.79 Å². The molecular weight excluding hydrogens is 349 g/mol. The van der Waals surface area contributed by atoms with Crippen molar-refractivity contribution >= 4 is 35.0 Å². The number of carbonyl (C=O) groups is 1. The summed E-state index contributed by atoms with van der Waals surface area (Å²) in [6.07, 6.45) is 4.73. The molecule has 0 saturated heterocycles. The lowest BCUT2D eigenvalue weighted by Crippen LogP contribution is -2.14. The molecule has 1 aromatic heterocycles. The lowest BCUT2D eigenvalue weighted by molar-refractivity contribution is -0.113. The van der Waals surface area contributed by atoms with Gasteiger partial charge in [-0.05, 0) is 30.3 Å². The Hall–Kier alpha value is -2.31. The molecule has 0 aliphatic carbocycles. The van der Waals surface area contributed by atoms with E-state index in [0.29, 0.717) is 16.4 Å². The first-order valence-electron chi connectivity index (χ1n) is 7.08. The fraction of sp³-hybridized carbons (Fsp3) is 0.0588. The number of aromatic nitrogens is 2. The molecule has 0 bridgehead atoms. The number of hydrogen-bond acceptors (Lipinski definition) is 3. The van der Waals surface area contributed by atoms with Gasteiger partial charge in [0, 0.05) is 23.0 Å². The first-order chi connectivity index (χ1) is 11.6. The number of nitrogens with one attached hydrogen (secondary N) is 1. The van der Waals surface area contributed by atoms with Gasteiger partial charge in [0.2, 0.25) is 5.91 Å². The second kappa shape index (κ2) is 7.51. The minimum absolute atomic E-state index is 0.189. The molecule has 0 fully saturated rings. The Labute approximate surface area is 147 Å². The summed E-state index contributed by atoms with van der Waals surface area (Å²) in [7, 11) is 0. The molecule has 2 aromatic carbocycles. The molecule has 1 heterocycles. The van der Waals surface area contributed by atoms with Gasteiger partial charge in [-0.3, -0.25) is 4.79 Å². The van der Waals surface area contributed by atoms with E-state index in [9.17, 15) is 9.18 Å². The van der Waals surface area contributed by atoms with Crippen LogP contribution in [0.3, 0.4) is 0 Å². The zero-order chi connectivity index (χ0) is 16.9. The van der Waals surface area contributed by atoms with Gasteiger partial charge >= 0.3 is 0 Å². The molecule has 0 aliphatic rings. The molecule has 0 atom stereocenters. The molecule has 0 spiro atoms. The normalized spacial score (nSPS) is 10.6. The summed E-state index contributed by atoms with van der Waals surface area (Å²) in [6, 6.07) is 11.8. The molecule has 3 aromatic rings. The predicted octanol–water partition coefficient (Wildman–Crippen LogP) is 4.40. The summed E-state index contributed by atoms with van der Waals surface area (Å²) >= 11 is 7.38. The molecule has 4 nitrogen and oxygen atoms in total. The number of imidazole rings is 1. The Balaban J connectivity index is 1.62. The van der Waals surface area contributed by atoms with Crippen molar-refractivity contribution in [3.63, 3.8) is 0 Å². The lowest BCUT2D eigenvalue weighted by atomic mass is 10.2. The van der Waals surface area contributed by atoms with Crippen LogP contribution in [0.1, 0.15) is 0 Å². The van der Waals surface area contributed by atoms with E-state index in [1.54, 1.807) is 35.2 Å². The summed E-state index contributed by atoms with van der Waals surface area (Å²) in [4.78, 5) is 16.7. The van der Waals surface area contributed by atoms with Crippen molar-refractivity contribution in [1.29, 1.82) is 0 Å². The highest BCUT2D eigenvalue weighted by Gasteiger charge is 2.09. The van der Waals surface area contributed by atoms with Gasteiger partial charge in [-0.2, -0.15) is 0 Å². The Morgan fingerprint density at radius 3 is 2.83 bits per heavy atom. The highest BCUT2D eigenvalue weighted by molar-refractivity contribution is 8.00. The van der Waals surface area contributed by atoms with Crippen LogP contribution in [-0.4, -0.2) is 21.2 Å². The number of hydrogen-bond donors (Lipinski definition) is 1. The van der Waals surface area contributed by atoms with Crippen molar-refractivity contribution < 1.29 is 9.18 Å². The third-order valence-corrected chi connectivity index (χ3v) is 4.72. The summed E-state index contributed by atoms with van der Waals surface area (Å²) in [5, 5.41) is 3.28. The number of amides is 1.